The molecule has 3 nitrogen and oxygen atoms in total. The lowest BCUT2D eigenvalue weighted by molar-refractivity contribution is -0.116. The zero-order chi connectivity index (χ0) is 15.9. The molecule has 0 radical (unpaired) electrons. The molecular formula is C19H30N2O. The summed E-state index contributed by atoms with van der Waals surface area (Å²) in [5.74, 6) is 0.143. The molecule has 3 heteroatoms. The largest absolute Gasteiger partial charge is 0.326 e. The maximum atomic E-state index is 12.2. The number of hydrogen-bond donors (Lipinski definition) is 1. The van der Waals surface area contributed by atoms with Gasteiger partial charge < -0.3 is 10.2 Å². The molecule has 122 valence electrons. The van der Waals surface area contributed by atoms with Crippen LogP contribution in [0.25, 0.3) is 0 Å². The molecule has 1 aromatic carbocycles. The fourth-order valence-electron chi connectivity index (χ4n) is 3.40. The third-order valence-corrected chi connectivity index (χ3v) is 4.52. The number of amides is 1. The Labute approximate surface area is 135 Å². The van der Waals surface area contributed by atoms with Gasteiger partial charge in [0.1, 0.15) is 0 Å². The van der Waals surface area contributed by atoms with Crippen molar-refractivity contribution in [3.63, 3.8) is 0 Å². The quantitative estimate of drug-likeness (QED) is 0.884. The molecule has 1 aliphatic rings. The van der Waals surface area contributed by atoms with E-state index >= 15 is 0 Å². The topological polar surface area (TPSA) is 32.3 Å². The van der Waals surface area contributed by atoms with Crippen LogP contribution < -0.4 is 5.32 Å². The molecule has 0 aliphatic carbocycles. The molecule has 1 heterocycles. The summed E-state index contributed by atoms with van der Waals surface area (Å²) in [6, 6.07) is 4.25. The molecule has 0 atom stereocenters. The van der Waals surface area contributed by atoms with E-state index in [1.165, 1.54) is 44.3 Å². The average Bonchev–Trinajstić information content (AvgIpc) is 2.71. The maximum Gasteiger partial charge on any atom is 0.224 e. The molecule has 1 aliphatic heterocycles. The number of anilines is 1. The number of nitrogens with zero attached hydrogens (tertiary/aromatic N) is 1. The molecular weight excluding hydrogens is 272 g/mol. The number of carbonyl (C=O) groups excluding carboxylic acids is 1. The maximum absolute atomic E-state index is 12.2. The Hall–Kier alpha value is -1.35. The van der Waals surface area contributed by atoms with Crippen LogP contribution >= 0.6 is 0 Å². The molecule has 22 heavy (non-hydrogen) atoms. The van der Waals surface area contributed by atoms with Crippen molar-refractivity contribution in [1.82, 2.24) is 4.90 Å². The molecule has 1 N–H and O–H groups in total. The summed E-state index contributed by atoms with van der Waals surface area (Å²) in [5, 5.41) is 3.10. The van der Waals surface area contributed by atoms with E-state index in [2.05, 4.69) is 43.1 Å². The minimum Gasteiger partial charge on any atom is -0.326 e. The van der Waals surface area contributed by atoms with Gasteiger partial charge in [0.15, 0.2) is 0 Å². The molecule has 1 aromatic rings. The Morgan fingerprint density at radius 1 is 1.05 bits per heavy atom. The molecule has 2 rings (SSSR count). The molecule has 0 unspecified atom stereocenters. The molecule has 0 bridgehead atoms. The first kappa shape index (κ1) is 17.0. The van der Waals surface area contributed by atoms with Gasteiger partial charge in [-0.2, -0.15) is 0 Å². The highest BCUT2D eigenvalue weighted by atomic mass is 16.1. The molecule has 0 aromatic heterocycles. The van der Waals surface area contributed by atoms with E-state index in [-0.39, 0.29) is 5.91 Å². The Balaban J connectivity index is 1.78. The Kier molecular flexibility index (Phi) is 6.44. The van der Waals surface area contributed by atoms with Crippen molar-refractivity contribution in [3.8, 4) is 0 Å². The van der Waals surface area contributed by atoms with Gasteiger partial charge in [-0.3, -0.25) is 4.79 Å². The average molecular weight is 302 g/mol. The number of aryl methyl sites for hydroxylation is 3. The summed E-state index contributed by atoms with van der Waals surface area (Å²) in [5.41, 5.74) is 4.54. The fourth-order valence-corrected chi connectivity index (χ4v) is 3.40. The van der Waals surface area contributed by atoms with Crippen molar-refractivity contribution >= 4 is 11.6 Å². The van der Waals surface area contributed by atoms with E-state index in [4.69, 9.17) is 0 Å². The normalized spacial score (nSPS) is 16.3. The van der Waals surface area contributed by atoms with E-state index in [0.717, 1.165) is 29.8 Å². The van der Waals surface area contributed by atoms with Crippen LogP contribution in [0.2, 0.25) is 0 Å². The van der Waals surface area contributed by atoms with E-state index < -0.39 is 0 Å². The van der Waals surface area contributed by atoms with E-state index in [9.17, 15) is 4.79 Å². The third-order valence-electron chi connectivity index (χ3n) is 4.52. The van der Waals surface area contributed by atoms with Crippen molar-refractivity contribution in [2.24, 2.45) is 0 Å². The summed E-state index contributed by atoms with van der Waals surface area (Å²) in [7, 11) is 0. The van der Waals surface area contributed by atoms with Crippen molar-refractivity contribution in [1.29, 1.82) is 0 Å². The van der Waals surface area contributed by atoms with Gasteiger partial charge in [0, 0.05) is 12.1 Å². The zero-order valence-corrected chi connectivity index (χ0v) is 14.4. The second-order valence-electron chi connectivity index (χ2n) is 6.68. The standard InChI is InChI=1S/C19H30N2O/c1-15-13-16(2)19(17(3)14-15)20-18(22)9-8-12-21-10-6-4-5-7-11-21/h13-14H,4-12H2,1-3H3,(H,20,22). The summed E-state index contributed by atoms with van der Waals surface area (Å²) in [6.07, 6.45) is 6.92. The van der Waals surface area contributed by atoms with Gasteiger partial charge in [-0.05, 0) is 70.8 Å². The molecule has 1 saturated heterocycles. The SMILES string of the molecule is Cc1cc(C)c(NC(=O)CCCN2CCCCCC2)c(C)c1. The number of nitrogens with one attached hydrogen (secondary N) is 1. The third kappa shape index (κ3) is 5.13. The van der Waals surface area contributed by atoms with Crippen LogP contribution in [0.3, 0.4) is 0 Å². The number of carbonyl (C=O) groups is 1. The Bertz CT molecular complexity index is 479. The predicted molar refractivity (Wildman–Crippen MR) is 93.4 cm³/mol. The first-order valence-electron chi connectivity index (χ1n) is 8.66. The van der Waals surface area contributed by atoms with Crippen LogP contribution in [-0.4, -0.2) is 30.4 Å². The van der Waals surface area contributed by atoms with Gasteiger partial charge >= 0.3 is 0 Å². The van der Waals surface area contributed by atoms with Gasteiger partial charge in [-0.25, -0.2) is 0 Å². The van der Waals surface area contributed by atoms with Gasteiger partial charge in [-0.15, -0.1) is 0 Å². The number of hydrogen-bond acceptors (Lipinski definition) is 2. The van der Waals surface area contributed by atoms with E-state index in [0.29, 0.717) is 6.42 Å². The minimum atomic E-state index is 0.143. The van der Waals surface area contributed by atoms with E-state index in [1.54, 1.807) is 0 Å². The summed E-state index contributed by atoms with van der Waals surface area (Å²) in [4.78, 5) is 14.7. The number of rotatable bonds is 5. The second-order valence-corrected chi connectivity index (χ2v) is 6.68. The lowest BCUT2D eigenvalue weighted by Gasteiger charge is -2.19. The lowest BCUT2D eigenvalue weighted by atomic mass is 10.0. The first-order valence-corrected chi connectivity index (χ1v) is 8.66. The Morgan fingerprint density at radius 3 is 2.23 bits per heavy atom. The van der Waals surface area contributed by atoms with Crippen LogP contribution in [0.15, 0.2) is 12.1 Å². The van der Waals surface area contributed by atoms with Gasteiger partial charge in [0.05, 0.1) is 0 Å². The predicted octanol–water partition coefficient (Wildman–Crippen LogP) is 4.21. The van der Waals surface area contributed by atoms with Crippen molar-refractivity contribution < 1.29 is 4.79 Å². The second kappa shape index (κ2) is 8.33. The highest BCUT2D eigenvalue weighted by molar-refractivity contribution is 5.92. The van der Waals surface area contributed by atoms with Crippen LogP contribution in [0, 0.1) is 20.8 Å². The molecule has 1 fully saturated rings. The smallest absolute Gasteiger partial charge is 0.224 e. The van der Waals surface area contributed by atoms with Crippen LogP contribution in [0.1, 0.15) is 55.2 Å². The van der Waals surface area contributed by atoms with Gasteiger partial charge in [0.2, 0.25) is 5.91 Å². The lowest BCUT2D eigenvalue weighted by Crippen LogP contribution is -2.26. The zero-order valence-electron chi connectivity index (χ0n) is 14.4. The van der Waals surface area contributed by atoms with Crippen molar-refractivity contribution in [3.05, 3.63) is 28.8 Å². The first-order chi connectivity index (χ1) is 10.6. The highest BCUT2D eigenvalue weighted by Crippen LogP contribution is 2.22. The molecule has 0 saturated carbocycles. The summed E-state index contributed by atoms with van der Waals surface area (Å²) < 4.78 is 0. The minimum absolute atomic E-state index is 0.143. The van der Waals surface area contributed by atoms with Crippen molar-refractivity contribution in [2.45, 2.75) is 59.3 Å². The molecule has 1 amide bonds. The van der Waals surface area contributed by atoms with E-state index in [1.807, 2.05) is 0 Å². The summed E-state index contributed by atoms with van der Waals surface area (Å²) >= 11 is 0. The van der Waals surface area contributed by atoms with Crippen LogP contribution in [0.4, 0.5) is 5.69 Å². The highest BCUT2D eigenvalue weighted by Gasteiger charge is 2.11. The summed E-state index contributed by atoms with van der Waals surface area (Å²) in [6.45, 7) is 9.68. The van der Waals surface area contributed by atoms with Gasteiger partial charge in [0.25, 0.3) is 0 Å². The number of benzene rings is 1. The van der Waals surface area contributed by atoms with Crippen LogP contribution in [0.5, 0.6) is 0 Å². The van der Waals surface area contributed by atoms with Crippen LogP contribution in [-0.2, 0) is 4.79 Å². The van der Waals surface area contributed by atoms with Crippen molar-refractivity contribution in [2.75, 3.05) is 25.0 Å². The fraction of sp³-hybridized carbons (Fsp3) is 0.632. The Morgan fingerprint density at radius 2 is 1.64 bits per heavy atom. The molecule has 0 spiro atoms. The van der Waals surface area contributed by atoms with Gasteiger partial charge in [-0.1, -0.05) is 30.5 Å². The number of likely N-dealkylation sites (tertiary alicyclic amines) is 1. The monoisotopic (exact) mass is 302 g/mol.